The van der Waals surface area contributed by atoms with E-state index in [1.54, 1.807) is 0 Å². The first-order chi connectivity index (χ1) is 8.47. The van der Waals surface area contributed by atoms with E-state index in [0.717, 1.165) is 0 Å². The van der Waals surface area contributed by atoms with Crippen LogP contribution in [0.3, 0.4) is 0 Å². The molecule has 8 nitrogen and oxygen atoms in total. The van der Waals surface area contributed by atoms with E-state index in [9.17, 15) is 9.59 Å². The van der Waals surface area contributed by atoms with Gasteiger partial charge in [0.1, 0.15) is 6.04 Å². The lowest BCUT2D eigenvalue weighted by atomic mass is 10.1. The molecule has 0 radical (unpaired) electrons. The highest BCUT2D eigenvalue weighted by molar-refractivity contribution is 5.88. The number of esters is 1. The topological polar surface area (TPSA) is 124 Å². The summed E-state index contributed by atoms with van der Waals surface area (Å²) in [5.74, 6) is -0.787. The van der Waals surface area contributed by atoms with E-state index in [1.165, 1.54) is 14.0 Å². The van der Waals surface area contributed by atoms with Crippen LogP contribution in [0.4, 0.5) is 4.79 Å². The first kappa shape index (κ1) is 16.3. The molecule has 4 N–H and O–H groups in total. The van der Waals surface area contributed by atoms with Gasteiger partial charge in [0.15, 0.2) is 5.90 Å². The Morgan fingerprint density at radius 2 is 2.06 bits per heavy atom. The molecule has 0 spiro atoms. The molecule has 0 bridgehead atoms. The Morgan fingerprint density at radius 1 is 1.39 bits per heavy atom. The van der Waals surface area contributed by atoms with Crippen molar-refractivity contribution in [3.63, 3.8) is 0 Å². The third-order valence-corrected chi connectivity index (χ3v) is 1.92. The van der Waals surface area contributed by atoms with Crippen LogP contribution in [0, 0.1) is 5.41 Å². The second-order valence-corrected chi connectivity index (χ2v) is 3.53. The van der Waals surface area contributed by atoms with Crippen LogP contribution >= 0.6 is 0 Å². The standard InChI is InChI=1S/C10H19N3O5/c1-7(11)17-9(14)8(12)5-3-4-6-13-18-10(15)16-2/h8,11,13H,3-6,12H2,1-2H3/t8-/m0/s1. The lowest BCUT2D eigenvalue weighted by Gasteiger charge is -2.10. The molecule has 1 atom stereocenters. The molecular weight excluding hydrogens is 242 g/mol. The van der Waals surface area contributed by atoms with Crippen LogP contribution < -0.4 is 11.2 Å². The number of unbranched alkanes of at least 4 members (excludes halogenated alkanes) is 1. The highest BCUT2D eigenvalue weighted by atomic mass is 16.8. The van der Waals surface area contributed by atoms with Crippen LogP contribution in [0.2, 0.25) is 0 Å². The Morgan fingerprint density at radius 3 is 2.61 bits per heavy atom. The predicted molar refractivity (Wildman–Crippen MR) is 62.8 cm³/mol. The van der Waals surface area contributed by atoms with E-state index in [0.29, 0.717) is 25.8 Å². The van der Waals surface area contributed by atoms with Crippen LogP contribution in [0.5, 0.6) is 0 Å². The van der Waals surface area contributed by atoms with Crippen molar-refractivity contribution >= 4 is 18.0 Å². The number of hydrogen-bond acceptors (Lipinski definition) is 8. The van der Waals surface area contributed by atoms with Gasteiger partial charge in [0.25, 0.3) is 0 Å². The molecule has 0 aromatic rings. The Labute approximate surface area is 105 Å². The fourth-order valence-corrected chi connectivity index (χ4v) is 1.06. The minimum atomic E-state index is -0.809. The Bertz CT molecular complexity index is 295. The molecule has 0 amide bonds. The molecule has 0 aromatic heterocycles. The van der Waals surface area contributed by atoms with Gasteiger partial charge in [-0.05, 0) is 19.3 Å². The SMILES string of the molecule is COC(=O)ONCCCC[C@H](N)C(=O)OC(C)=N. The number of ether oxygens (including phenoxy) is 2. The molecule has 104 valence electrons. The summed E-state index contributed by atoms with van der Waals surface area (Å²) in [6.45, 7) is 1.79. The number of carbonyl (C=O) groups is 2. The van der Waals surface area contributed by atoms with Crippen molar-refractivity contribution in [1.29, 1.82) is 5.41 Å². The largest absolute Gasteiger partial charge is 0.527 e. The molecule has 0 unspecified atom stereocenters. The number of nitrogens with two attached hydrogens (primary N) is 1. The highest BCUT2D eigenvalue weighted by Gasteiger charge is 2.15. The molecule has 0 aliphatic heterocycles. The molecule has 0 rings (SSSR count). The maximum absolute atomic E-state index is 11.2. The summed E-state index contributed by atoms with van der Waals surface area (Å²) in [4.78, 5) is 26.2. The number of hydrogen-bond donors (Lipinski definition) is 3. The normalized spacial score (nSPS) is 11.5. The third-order valence-electron chi connectivity index (χ3n) is 1.92. The maximum Gasteiger partial charge on any atom is 0.527 e. The van der Waals surface area contributed by atoms with Gasteiger partial charge < -0.3 is 20.0 Å². The summed E-state index contributed by atoms with van der Waals surface area (Å²) in [5.41, 5.74) is 7.96. The number of hydroxylamine groups is 1. The van der Waals surface area contributed by atoms with Gasteiger partial charge in [-0.25, -0.2) is 9.59 Å². The van der Waals surface area contributed by atoms with Crippen molar-refractivity contribution < 1.29 is 23.9 Å². The van der Waals surface area contributed by atoms with E-state index in [4.69, 9.17) is 11.1 Å². The average molecular weight is 261 g/mol. The molecule has 0 saturated carbocycles. The van der Waals surface area contributed by atoms with Crippen LogP contribution in [0.1, 0.15) is 26.2 Å². The summed E-state index contributed by atoms with van der Waals surface area (Å²) in [5, 5.41) is 6.98. The summed E-state index contributed by atoms with van der Waals surface area (Å²) < 4.78 is 8.79. The van der Waals surface area contributed by atoms with Gasteiger partial charge in [0, 0.05) is 13.5 Å². The predicted octanol–water partition coefficient (Wildman–Crippen LogP) is 0.312. The van der Waals surface area contributed by atoms with Gasteiger partial charge in [-0.3, -0.25) is 5.41 Å². The smallest absolute Gasteiger partial charge is 0.436 e. The minimum absolute atomic E-state index is 0.177. The molecular formula is C10H19N3O5. The lowest BCUT2D eigenvalue weighted by molar-refractivity contribution is -0.137. The molecule has 0 aliphatic rings. The molecule has 8 heteroatoms. The number of rotatable bonds is 7. The molecule has 0 aromatic carbocycles. The van der Waals surface area contributed by atoms with Crippen molar-refractivity contribution in [2.75, 3.05) is 13.7 Å². The Balaban J connectivity index is 3.51. The van der Waals surface area contributed by atoms with Gasteiger partial charge in [-0.1, -0.05) is 0 Å². The van der Waals surface area contributed by atoms with Gasteiger partial charge in [0.05, 0.1) is 7.11 Å². The van der Waals surface area contributed by atoms with Crippen molar-refractivity contribution in [2.24, 2.45) is 5.73 Å². The zero-order valence-corrected chi connectivity index (χ0v) is 10.5. The summed E-state index contributed by atoms with van der Waals surface area (Å²) in [7, 11) is 1.21. The number of carbonyl (C=O) groups excluding carboxylic acids is 2. The van der Waals surface area contributed by atoms with Crippen LogP contribution in [0.15, 0.2) is 0 Å². The first-order valence-electron chi connectivity index (χ1n) is 5.47. The van der Waals surface area contributed by atoms with Crippen LogP contribution in [-0.4, -0.2) is 37.7 Å². The van der Waals surface area contributed by atoms with Crippen molar-refractivity contribution in [3.05, 3.63) is 0 Å². The summed E-state index contributed by atoms with van der Waals surface area (Å²) in [6.07, 6.45) is 0.954. The van der Waals surface area contributed by atoms with Crippen molar-refractivity contribution in [3.8, 4) is 0 Å². The Kier molecular flexibility index (Phi) is 8.50. The fraction of sp³-hybridized carbons (Fsp3) is 0.700. The number of nitrogens with one attached hydrogen (secondary N) is 2. The zero-order chi connectivity index (χ0) is 14.0. The third kappa shape index (κ3) is 8.48. The highest BCUT2D eigenvalue weighted by Crippen LogP contribution is 2.00. The maximum atomic E-state index is 11.2. The lowest BCUT2D eigenvalue weighted by Crippen LogP contribution is -2.33. The average Bonchev–Trinajstić information content (AvgIpc) is 2.31. The second-order valence-electron chi connectivity index (χ2n) is 3.53. The summed E-state index contributed by atoms with van der Waals surface area (Å²) >= 11 is 0. The van der Waals surface area contributed by atoms with Crippen molar-refractivity contribution in [1.82, 2.24) is 5.48 Å². The molecule has 18 heavy (non-hydrogen) atoms. The van der Waals surface area contributed by atoms with E-state index in [1.807, 2.05) is 0 Å². The van der Waals surface area contributed by atoms with E-state index < -0.39 is 18.2 Å². The van der Waals surface area contributed by atoms with Crippen molar-refractivity contribution in [2.45, 2.75) is 32.2 Å². The van der Waals surface area contributed by atoms with E-state index in [-0.39, 0.29) is 5.90 Å². The summed E-state index contributed by atoms with van der Waals surface area (Å²) in [6, 6.07) is -0.744. The van der Waals surface area contributed by atoms with Gasteiger partial charge >= 0.3 is 12.1 Å². The van der Waals surface area contributed by atoms with Crippen LogP contribution in [0.25, 0.3) is 0 Å². The second kappa shape index (κ2) is 9.37. The zero-order valence-electron chi connectivity index (χ0n) is 10.5. The fourth-order valence-electron chi connectivity index (χ4n) is 1.06. The van der Waals surface area contributed by atoms with Gasteiger partial charge in [-0.2, -0.15) is 0 Å². The van der Waals surface area contributed by atoms with E-state index >= 15 is 0 Å². The number of methoxy groups -OCH3 is 1. The quantitative estimate of drug-likeness (QED) is 0.198. The van der Waals surface area contributed by atoms with E-state index in [2.05, 4.69) is 19.8 Å². The molecule has 0 fully saturated rings. The minimum Gasteiger partial charge on any atom is -0.436 e. The first-order valence-corrected chi connectivity index (χ1v) is 5.47. The monoisotopic (exact) mass is 261 g/mol. The van der Waals surface area contributed by atoms with Gasteiger partial charge in [0.2, 0.25) is 0 Å². The molecule has 0 heterocycles. The molecule has 0 saturated heterocycles. The Hall–Kier alpha value is -1.67. The van der Waals surface area contributed by atoms with Crippen LogP contribution in [-0.2, 0) is 19.1 Å². The van der Waals surface area contributed by atoms with Gasteiger partial charge in [-0.15, -0.1) is 5.48 Å². The molecule has 0 aliphatic carbocycles.